The highest BCUT2D eigenvalue weighted by Crippen LogP contribution is 2.20. The molecule has 1 fully saturated rings. The van der Waals surface area contributed by atoms with Crippen molar-refractivity contribution in [3.63, 3.8) is 0 Å². The normalized spacial score (nSPS) is 15.1. The molecule has 0 atom stereocenters. The smallest absolute Gasteiger partial charge is 0.260 e. The molecule has 1 aliphatic heterocycles. The molecule has 4 heterocycles. The summed E-state index contributed by atoms with van der Waals surface area (Å²) in [7, 11) is 1.80. The Balaban J connectivity index is 1.43. The number of hydrogen-bond acceptors (Lipinski definition) is 6. The van der Waals surface area contributed by atoms with Crippen molar-refractivity contribution in [1.29, 1.82) is 0 Å². The number of pyridine rings is 1. The quantitative estimate of drug-likeness (QED) is 0.678. The van der Waals surface area contributed by atoms with Gasteiger partial charge in [-0.1, -0.05) is 0 Å². The highest BCUT2D eigenvalue weighted by Gasteiger charge is 2.16. The minimum Gasteiger partial charge on any atom is -0.476 e. The van der Waals surface area contributed by atoms with Crippen molar-refractivity contribution < 1.29 is 14.3 Å². The summed E-state index contributed by atoms with van der Waals surface area (Å²) in [4.78, 5) is 22.4. The van der Waals surface area contributed by atoms with Gasteiger partial charge in [-0.2, -0.15) is 5.10 Å². The fraction of sp³-hybridized carbons (Fsp3) is 0.389. The van der Waals surface area contributed by atoms with E-state index >= 15 is 0 Å². The Hall–Kier alpha value is -2.91. The molecular weight excluding hydrogens is 348 g/mol. The zero-order valence-electron chi connectivity index (χ0n) is 15.1. The largest absolute Gasteiger partial charge is 0.476 e. The van der Waals surface area contributed by atoms with Gasteiger partial charge in [0.1, 0.15) is 12.1 Å². The number of amides is 1. The average Bonchev–Trinajstić information content (AvgIpc) is 3.28. The van der Waals surface area contributed by atoms with Crippen molar-refractivity contribution in [2.24, 2.45) is 7.05 Å². The maximum Gasteiger partial charge on any atom is 0.260 e. The van der Waals surface area contributed by atoms with Gasteiger partial charge in [0.2, 0.25) is 5.88 Å². The molecule has 0 aromatic carbocycles. The third-order valence-electron chi connectivity index (χ3n) is 4.46. The molecule has 1 aliphatic rings. The second kappa shape index (κ2) is 7.77. The van der Waals surface area contributed by atoms with Crippen molar-refractivity contribution in [2.45, 2.75) is 0 Å². The Morgan fingerprint density at radius 3 is 2.96 bits per heavy atom. The number of aromatic nitrogens is 4. The number of carbonyl (C=O) groups is 1. The van der Waals surface area contributed by atoms with E-state index in [1.54, 1.807) is 36.3 Å². The fourth-order valence-corrected chi connectivity index (χ4v) is 3.00. The summed E-state index contributed by atoms with van der Waals surface area (Å²) in [5.74, 6) is 0.731. The Bertz CT molecular complexity index is 928. The maximum absolute atomic E-state index is 12.6. The lowest BCUT2D eigenvalue weighted by Gasteiger charge is -2.26. The van der Waals surface area contributed by atoms with Crippen LogP contribution in [0.2, 0.25) is 0 Å². The van der Waals surface area contributed by atoms with Crippen LogP contribution < -0.4 is 10.1 Å². The van der Waals surface area contributed by atoms with Gasteiger partial charge in [-0.25, -0.2) is 4.98 Å². The predicted octanol–water partition coefficient (Wildman–Crippen LogP) is 1.26. The monoisotopic (exact) mass is 370 g/mol. The van der Waals surface area contributed by atoms with Crippen LogP contribution in [0.3, 0.4) is 0 Å². The van der Waals surface area contributed by atoms with E-state index in [2.05, 4.69) is 25.3 Å². The summed E-state index contributed by atoms with van der Waals surface area (Å²) in [6.07, 6.45) is 3.41. The first kappa shape index (κ1) is 17.5. The number of aromatic amines is 1. The van der Waals surface area contributed by atoms with Gasteiger partial charge in [-0.05, 0) is 6.07 Å². The molecule has 0 saturated carbocycles. The van der Waals surface area contributed by atoms with Crippen molar-refractivity contribution in [3.8, 4) is 5.88 Å². The van der Waals surface area contributed by atoms with Crippen LogP contribution >= 0.6 is 0 Å². The minimum atomic E-state index is -0.266. The molecule has 142 valence electrons. The summed E-state index contributed by atoms with van der Waals surface area (Å²) in [5, 5.41) is 6.93. The molecule has 3 aromatic heterocycles. The number of hydrogen-bond donors (Lipinski definition) is 2. The van der Waals surface area contributed by atoms with Gasteiger partial charge in [0.15, 0.2) is 5.82 Å². The van der Waals surface area contributed by atoms with E-state index in [9.17, 15) is 4.79 Å². The third-order valence-corrected chi connectivity index (χ3v) is 4.46. The molecule has 0 aliphatic carbocycles. The summed E-state index contributed by atoms with van der Waals surface area (Å²) in [6, 6.07) is 5.41. The van der Waals surface area contributed by atoms with Gasteiger partial charge in [-0.15, -0.1) is 0 Å². The Morgan fingerprint density at radius 1 is 1.33 bits per heavy atom. The van der Waals surface area contributed by atoms with Crippen LogP contribution in [0, 0.1) is 0 Å². The summed E-state index contributed by atoms with van der Waals surface area (Å²) >= 11 is 0. The molecule has 2 N–H and O–H groups in total. The van der Waals surface area contributed by atoms with Gasteiger partial charge in [0.25, 0.3) is 5.91 Å². The minimum absolute atomic E-state index is 0.266. The topological polar surface area (TPSA) is 97.3 Å². The fourth-order valence-electron chi connectivity index (χ4n) is 3.00. The third kappa shape index (κ3) is 4.09. The van der Waals surface area contributed by atoms with Crippen LogP contribution in [0.1, 0.15) is 10.4 Å². The van der Waals surface area contributed by atoms with Gasteiger partial charge in [-0.3, -0.25) is 14.4 Å². The van der Waals surface area contributed by atoms with E-state index in [-0.39, 0.29) is 5.91 Å². The first-order chi connectivity index (χ1) is 13.2. The molecule has 0 unspecified atom stereocenters. The number of ether oxygens (including phenoxy) is 2. The second-order valence-electron chi connectivity index (χ2n) is 6.38. The van der Waals surface area contributed by atoms with Gasteiger partial charge < -0.3 is 19.8 Å². The number of fused-ring (bicyclic) bond motifs is 1. The van der Waals surface area contributed by atoms with Crippen LogP contribution in [0.25, 0.3) is 11.0 Å². The molecule has 0 spiro atoms. The van der Waals surface area contributed by atoms with E-state index in [1.807, 2.05) is 6.07 Å². The number of morpholine rings is 1. The number of rotatable bonds is 6. The number of nitrogens with zero attached hydrogens (tertiary/aromatic N) is 4. The average molecular weight is 370 g/mol. The van der Waals surface area contributed by atoms with Crippen LogP contribution in [0.5, 0.6) is 5.88 Å². The second-order valence-corrected chi connectivity index (χ2v) is 6.38. The SMILES string of the molecule is Cn1ccc(NC(=O)c2c[nH]c3ccc(OCCN4CCOCC4)nc23)n1. The lowest BCUT2D eigenvalue weighted by Crippen LogP contribution is -2.38. The zero-order chi connectivity index (χ0) is 18.6. The number of aryl methyl sites for hydroxylation is 1. The van der Waals surface area contributed by atoms with Crippen LogP contribution in [0.4, 0.5) is 5.82 Å². The predicted molar refractivity (Wildman–Crippen MR) is 100 cm³/mol. The number of H-pyrrole nitrogens is 1. The zero-order valence-corrected chi connectivity index (χ0v) is 15.1. The van der Waals surface area contributed by atoms with Gasteiger partial charge in [0, 0.05) is 51.2 Å². The molecule has 1 saturated heterocycles. The van der Waals surface area contributed by atoms with Crippen molar-refractivity contribution in [3.05, 3.63) is 36.2 Å². The summed E-state index contributed by atoms with van der Waals surface area (Å²) in [6.45, 7) is 4.74. The standard InChI is InChI=1S/C18H22N6O3/c1-23-5-4-15(22-23)20-18(25)13-12-19-14-2-3-16(21-17(13)14)27-11-8-24-6-9-26-10-7-24/h2-5,12,19H,6-11H2,1H3,(H,20,22,25). The van der Waals surface area contributed by atoms with Gasteiger partial charge >= 0.3 is 0 Å². The molecule has 27 heavy (non-hydrogen) atoms. The molecule has 9 heteroatoms. The Labute approximate surface area is 156 Å². The molecule has 4 rings (SSSR count). The van der Waals surface area contributed by atoms with E-state index in [0.717, 1.165) is 38.4 Å². The van der Waals surface area contributed by atoms with E-state index in [4.69, 9.17) is 9.47 Å². The van der Waals surface area contributed by atoms with E-state index < -0.39 is 0 Å². The molecule has 1 amide bonds. The number of anilines is 1. The van der Waals surface area contributed by atoms with Crippen LogP contribution in [-0.2, 0) is 11.8 Å². The highest BCUT2D eigenvalue weighted by atomic mass is 16.5. The molecule has 0 radical (unpaired) electrons. The molecule has 0 bridgehead atoms. The Morgan fingerprint density at radius 2 is 2.19 bits per heavy atom. The lowest BCUT2D eigenvalue weighted by atomic mass is 10.2. The van der Waals surface area contributed by atoms with Crippen molar-refractivity contribution in [1.82, 2.24) is 24.6 Å². The maximum atomic E-state index is 12.6. The molecule has 9 nitrogen and oxygen atoms in total. The summed E-state index contributed by atoms with van der Waals surface area (Å²) in [5.41, 5.74) is 1.81. The highest BCUT2D eigenvalue weighted by molar-refractivity contribution is 6.11. The molecular formula is C18H22N6O3. The van der Waals surface area contributed by atoms with E-state index in [1.165, 1.54) is 0 Å². The molecule has 3 aromatic rings. The van der Waals surface area contributed by atoms with Gasteiger partial charge in [0.05, 0.1) is 24.3 Å². The number of nitrogens with one attached hydrogen (secondary N) is 2. The van der Waals surface area contributed by atoms with E-state index in [0.29, 0.717) is 29.4 Å². The van der Waals surface area contributed by atoms with Crippen LogP contribution in [-0.4, -0.2) is 70.0 Å². The summed E-state index contributed by atoms with van der Waals surface area (Å²) < 4.78 is 12.8. The number of carbonyl (C=O) groups excluding carboxylic acids is 1. The van der Waals surface area contributed by atoms with Crippen molar-refractivity contribution in [2.75, 3.05) is 44.8 Å². The van der Waals surface area contributed by atoms with Crippen LogP contribution in [0.15, 0.2) is 30.6 Å². The first-order valence-corrected chi connectivity index (χ1v) is 8.91. The lowest BCUT2D eigenvalue weighted by molar-refractivity contribution is 0.0320. The van der Waals surface area contributed by atoms with Crippen molar-refractivity contribution >= 4 is 22.8 Å². The Kier molecular flexibility index (Phi) is 5.03. The first-order valence-electron chi connectivity index (χ1n) is 8.91.